The molecular formula is C27H24N2O6. The Kier molecular flexibility index (Phi) is 7.21. The molecule has 3 aromatic carbocycles. The summed E-state index contributed by atoms with van der Waals surface area (Å²) in [6.07, 6.45) is -0.688. The van der Waals surface area contributed by atoms with E-state index in [0.29, 0.717) is 11.3 Å². The summed E-state index contributed by atoms with van der Waals surface area (Å²) >= 11 is 0. The number of fused-ring (bicyclic) bond motifs is 1. The molecular weight excluding hydrogens is 448 g/mol. The van der Waals surface area contributed by atoms with Crippen molar-refractivity contribution in [1.82, 2.24) is 0 Å². The molecule has 4 rings (SSSR count). The number of allylic oxidation sites excluding steroid dienone is 1. The predicted molar refractivity (Wildman–Crippen MR) is 129 cm³/mol. The van der Waals surface area contributed by atoms with Gasteiger partial charge in [0, 0.05) is 10.6 Å². The molecule has 0 aliphatic carbocycles. The summed E-state index contributed by atoms with van der Waals surface area (Å²) in [5.41, 5.74) is 2.81. The van der Waals surface area contributed by atoms with Crippen LogP contribution in [0, 0.1) is 10.1 Å². The highest BCUT2D eigenvalue weighted by molar-refractivity contribution is 6.00. The third-order valence-electron chi connectivity index (χ3n) is 5.78. The van der Waals surface area contributed by atoms with Crippen LogP contribution >= 0.6 is 0 Å². The fourth-order valence-electron chi connectivity index (χ4n) is 4.14. The van der Waals surface area contributed by atoms with Crippen LogP contribution < -0.4 is 4.90 Å². The van der Waals surface area contributed by atoms with Crippen molar-refractivity contribution in [1.29, 1.82) is 0 Å². The van der Waals surface area contributed by atoms with Crippen LogP contribution in [0.1, 0.15) is 29.5 Å². The van der Waals surface area contributed by atoms with Gasteiger partial charge in [-0.05, 0) is 29.7 Å². The lowest BCUT2D eigenvalue weighted by molar-refractivity contribution is -0.481. The Labute approximate surface area is 202 Å². The maximum atomic E-state index is 13.2. The lowest BCUT2D eigenvalue weighted by atomic mass is 9.85. The number of ether oxygens (including phenoxy) is 2. The summed E-state index contributed by atoms with van der Waals surface area (Å²) in [6.45, 7) is 1.10. The van der Waals surface area contributed by atoms with Crippen molar-refractivity contribution >= 4 is 17.7 Å². The number of benzene rings is 3. The van der Waals surface area contributed by atoms with E-state index in [-0.39, 0.29) is 24.5 Å². The highest BCUT2D eigenvalue weighted by Crippen LogP contribution is 2.42. The van der Waals surface area contributed by atoms with Gasteiger partial charge in [0.15, 0.2) is 0 Å². The zero-order chi connectivity index (χ0) is 24.8. The average Bonchev–Trinajstić information content (AvgIpc) is 2.87. The quantitative estimate of drug-likeness (QED) is 0.266. The van der Waals surface area contributed by atoms with Gasteiger partial charge in [-0.2, -0.15) is 0 Å². The van der Waals surface area contributed by atoms with Gasteiger partial charge in [-0.1, -0.05) is 78.9 Å². The molecule has 0 unspecified atom stereocenters. The second-order valence-electron chi connectivity index (χ2n) is 8.06. The highest BCUT2D eigenvalue weighted by Gasteiger charge is 2.40. The van der Waals surface area contributed by atoms with Crippen molar-refractivity contribution in [3.63, 3.8) is 0 Å². The Hall–Kier alpha value is -4.46. The molecule has 3 aromatic rings. The Morgan fingerprint density at radius 1 is 0.857 bits per heavy atom. The normalized spacial score (nSPS) is 14.8. The minimum Gasteiger partial charge on any atom is -0.457 e. The van der Waals surface area contributed by atoms with Crippen molar-refractivity contribution in [3.05, 3.63) is 123 Å². The number of hydrogen-bond donors (Lipinski definition) is 0. The Morgan fingerprint density at radius 2 is 1.40 bits per heavy atom. The number of para-hydroxylation sites is 1. The van der Waals surface area contributed by atoms with E-state index in [1.807, 2.05) is 60.7 Å². The van der Waals surface area contributed by atoms with E-state index in [9.17, 15) is 19.7 Å². The molecule has 8 nitrogen and oxygen atoms in total. The van der Waals surface area contributed by atoms with E-state index in [1.165, 1.54) is 4.90 Å². The van der Waals surface area contributed by atoms with Gasteiger partial charge in [0.2, 0.25) is 6.54 Å². The number of amides is 1. The molecule has 178 valence electrons. The standard InChI is InChI=1S/C27H24N2O6/c1-19-25(26(30)34-17-20-10-4-2-5-11-20)23(16-28(32)33)22-14-8-9-15-24(22)29(19)27(31)35-18-21-12-6-3-7-13-21/h2-15,23H,16-18H2,1H3/t23-/m1/s1. The molecule has 1 heterocycles. The Bertz CT molecular complexity index is 1260. The van der Waals surface area contributed by atoms with E-state index in [4.69, 9.17) is 9.47 Å². The maximum Gasteiger partial charge on any atom is 0.419 e. The molecule has 0 spiro atoms. The van der Waals surface area contributed by atoms with E-state index in [2.05, 4.69) is 0 Å². The molecule has 1 aliphatic heterocycles. The van der Waals surface area contributed by atoms with Crippen molar-refractivity contribution in [2.24, 2.45) is 0 Å². The van der Waals surface area contributed by atoms with Gasteiger partial charge in [0.1, 0.15) is 13.2 Å². The van der Waals surface area contributed by atoms with Gasteiger partial charge in [-0.25, -0.2) is 14.5 Å². The third kappa shape index (κ3) is 5.38. The predicted octanol–water partition coefficient (Wildman–Crippen LogP) is 5.22. The first-order valence-electron chi connectivity index (χ1n) is 11.1. The number of rotatable bonds is 7. The molecule has 1 amide bonds. The molecule has 1 aliphatic rings. The van der Waals surface area contributed by atoms with Crippen LogP contribution in [0.25, 0.3) is 0 Å². The second kappa shape index (κ2) is 10.6. The minimum absolute atomic E-state index is 0.00172. The number of nitrogens with zero attached hydrogens (tertiary/aromatic N) is 2. The fourth-order valence-corrected chi connectivity index (χ4v) is 4.14. The van der Waals surface area contributed by atoms with Crippen LogP contribution in [0.4, 0.5) is 10.5 Å². The number of carbonyl (C=O) groups is 2. The summed E-state index contributed by atoms with van der Waals surface area (Å²) in [6, 6.07) is 25.1. The van der Waals surface area contributed by atoms with Gasteiger partial charge in [0.25, 0.3) is 0 Å². The van der Waals surface area contributed by atoms with Crippen LogP contribution in [0.2, 0.25) is 0 Å². The SMILES string of the molecule is CC1=C(C(=O)OCc2ccccc2)[C@H](C[N+](=O)[O-])c2ccccc2N1C(=O)OCc1ccccc1. The third-order valence-corrected chi connectivity index (χ3v) is 5.78. The van der Waals surface area contributed by atoms with Crippen LogP contribution in [0.5, 0.6) is 0 Å². The lowest BCUT2D eigenvalue weighted by Crippen LogP contribution is -2.38. The van der Waals surface area contributed by atoms with Crippen LogP contribution in [0.15, 0.2) is 96.2 Å². The smallest absolute Gasteiger partial charge is 0.419 e. The Morgan fingerprint density at radius 3 is 2.00 bits per heavy atom. The second-order valence-corrected chi connectivity index (χ2v) is 8.06. The number of hydrogen-bond acceptors (Lipinski definition) is 6. The van der Waals surface area contributed by atoms with E-state index in [0.717, 1.165) is 11.1 Å². The van der Waals surface area contributed by atoms with Gasteiger partial charge in [0.05, 0.1) is 17.2 Å². The summed E-state index contributed by atoms with van der Waals surface area (Å²) < 4.78 is 11.1. The topological polar surface area (TPSA) is 99.0 Å². The van der Waals surface area contributed by atoms with Crippen LogP contribution in [0.3, 0.4) is 0 Å². The van der Waals surface area contributed by atoms with Gasteiger partial charge in [-0.3, -0.25) is 10.1 Å². The van der Waals surface area contributed by atoms with Crippen LogP contribution in [-0.2, 0) is 27.5 Å². The zero-order valence-electron chi connectivity index (χ0n) is 19.1. The molecule has 0 N–H and O–H groups in total. The summed E-state index contributed by atoms with van der Waals surface area (Å²) in [4.78, 5) is 38.8. The monoisotopic (exact) mass is 472 g/mol. The highest BCUT2D eigenvalue weighted by atomic mass is 16.6. The molecule has 0 radical (unpaired) electrons. The molecule has 1 atom stereocenters. The van der Waals surface area contributed by atoms with E-state index in [1.54, 1.807) is 31.2 Å². The molecule has 0 fully saturated rings. The number of anilines is 1. The first kappa shape index (κ1) is 23.7. The van der Waals surface area contributed by atoms with E-state index < -0.39 is 29.4 Å². The molecule has 0 saturated heterocycles. The first-order chi connectivity index (χ1) is 17.0. The largest absolute Gasteiger partial charge is 0.457 e. The minimum atomic E-state index is -0.873. The first-order valence-corrected chi connectivity index (χ1v) is 11.1. The van der Waals surface area contributed by atoms with Gasteiger partial charge < -0.3 is 9.47 Å². The number of carbonyl (C=O) groups excluding carboxylic acids is 2. The van der Waals surface area contributed by atoms with Crippen molar-refractivity contribution < 1.29 is 24.0 Å². The number of nitro groups is 1. The fraction of sp³-hybridized carbons (Fsp3) is 0.185. The zero-order valence-corrected chi connectivity index (χ0v) is 19.1. The lowest BCUT2D eigenvalue weighted by Gasteiger charge is -2.34. The maximum absolute atomic E-state index is 13.2. The average molecular weight is 472 g/mol. The number of esters is 1. The summed E-state index contributed by atoms with van der Waals surface area (Å²) in [5, 5.41) is 11.5. The van der Waals surface area contributed by atoms with Gasteiger partial charge >= 0.3 is 12.1 Å². The van der Waals surface area contributed by atoms with Crippen molar-refractivity contribution in [2.75, 3.05) is 11.4 Å². The van der Waals surface area contributed by atoms with Crippen molar-refractivity contribution in [2.45, 2.75) is 26.1 Å². The molecule has 0 bridgehead atoms. The molecule has 8 heteroatoms. The van der Waals surface area contributed by atoms with E-state index >= 15 is 0 Å². The molecule has 0 aromatic heterocycles. The Balaban J connectivity index is 1.68. The molecule has 35 heavy (non-hydrogen) atoms. The molecule has 0 saturated carbocycles. The summed E-state index contributed by atoms with van der Waals surface area (Å²) in [5.74, 6) is -1.59. The van der Waals surface area contributed by atoms with Crippen LogP contribution in [-0.4, -0.2) is 23.5 Å². The van der Waals surface area contributed by atoms with Gasteiger partial charge in [-0.15, -0.1) is 0 Å². The van der Waals surface area contributed by atoms with Crippen molar-refractivity contribution in [3.8, 4) is 0 Å². The summed E-state index contributed by atoms with van der Waals surface area (Å²) in [7, 11) is 0.